The number of aldehydes is 1. The summed E-state index contributed by atoms with van der Waals surface area (Å²) < 4.78 is 5.09. The fourth-order valence-corrected chi connectivity index (χ4v) is 1.19. The number of carbonyl (C=O) groups is 1. The first-order valence-electron chi connectivity index (χ1n) is 3.63. The molecule has 0 aromatic heterocycles. The molecule has 1 rings (SSSR count). The standard InChI is InChI=1S/C7H10N2O2/c8-9-7(5-10)6-1-3-11-4-2-6/h5-6H,1-4H2. The first-order chi connectivity index (χ1) is 5.38. The van der Waals surface area contributed by atoms with Crippen molar-refractivity contribution in [3.8, 4) is 0 Å². The first-order valence-corrected chi connectivity index (χ1v) is 3.63. The summed E-state index contributed by atoms with van der Waals surface area (Å²) in [5.41, 5.74) is 8.64. The van der Waals surface area contributed by atoms with Gasteiger partial charge in [-0.25, -0.2) is 0 Å². The van der Waals surface area contributed by atoms with Crippen LogP contribution in [-0.4, -0.2) is 30.0 Å². The molecule has 0 amide bonds. The van der Waals surface area contributed by atoms with E-state index < -0.39 is 0 Å². The maximum absolute atomic E-state index is 10.3. The second-order valence-electron chi connectivity index (χ2n) is 2.53. The van der Waals surface area contributed by atoms with Crippen LogP contribution in [0.3, 0.4) is 0 Å². The van der Waals surface area contributed by atoms with Gasteiger partial charge in [0.25, 0.3) is 0 Å². The molecule has 1 aliphatic heterocycles. The molecule has 0 radical (unpaired) electrons. The number of ether oxygens (including phenoxy) is 1. The second kappa shape index (κ2) is 4.01. The van der Waals surface area contributed by atoms with E-state index >= 15 is 0 Å². The molecule has 0 spiro atoms. The second-order valence-corrected chi connectivity index (χ2v) is 2.53. The van der Waals surface area contributed by atoms with Gasteiger partial charge in [-0.05, 0) is 12.8 Å². The number of carbonyl (C=O) groups excluding carboxylic acids is 1. The van der Waals surface area contributed by atoms with Crippen LogP contribution >= 0.6 is 0 Å². The number of rotatable bonds is 2. The zero-order valence-electron chi connectivity index (χ0n) is 6.19. The first kappa shape index (κ1) is 8.11. The van der Waals surface area contributed by atoms with E-state index in [-0.39, 0.29) is 11.6 Å². The van der Waals surface area contributed by atoms with Crippen molar-refractivity contribution in [2.45, 2.75) is 12.8 Å². The number of hydrogen-bond donors (Lipinski definition) is 0. The molecule has 4 nitrogen and oxygen atoms in total. The van der Waals surface area contributed by atoms with E-state index in [0.717, 1.165) is 12.8 Å². The summed E-state index contributed by atoms with van der Waals surface area (Å²) in [6.45, 7) is 1.30. The lowest BCUT2D eigenvalue weighted by Gasteiger charge is -2.16. The third-order valence-electron chi connectivity index (χ3n) is 1.88. The van der Waals surface area contributed by atoms with E-state index in [1.54, 1.807) is 0 Å². The minimum absolute atomic E-state index is 0.0891. The molecule has 0 saturated carbocycles. The molecule has 11 heavy (non-hydrogen) atoms. The maximum Gasteiger partial charge on any atom is 0.334 e. The molecule has 4 heteroatoms. The predicted octanol–water partition coefficient (Wildman–Crippen LogP) is 0.283. The van der Waals surface area contributed by atoms with Gasteiger partial charge in [-0.1, -0.05) is 0 Å². The highest BCUT2D eigenvalue weighted by atomic mass is 16.5. The SMILES string of the molecule is [N-]=[N+]=C(C=O)C1CCOCC1. The van der Waals surface area contributed by atoms with Crippen molar-refractivity contribution in [3.63, 3.8) is 0 Å². The minimum atomic E-state index is 0.0891. The number of nitrogens with zero attached hydrogens (tertiary/aromatic N) is 2. The largest absolute Gasteiger partial charge is 0.381 e. The Balaban J connectivity index is 2.57. The van der Waals surface area contributed by atoms with Crippen LogP contribution in [0, 0.1) is 5.92 Å². The molecular formula is C7H10N2O2. The molecule has 1 fully saturated rings. The van der Waals surface area contributed by atoms with Gasteiger partial charge < -0.3 is 10.3 Å². The molecule has 0 aliphatic carbocycles. The summed E-state index contributed by atoms with van der Waals surface area (Å²) >= 11 is 0. The average molecular weight is 154 g/mol. The summed E-state index contributed by atoms with van der Waals surface area (Å²) in [5.74, 6) is 0.0891. The summed E-state index contributed by atoms with van der Waals surface area (Å²) in [6, 6.07) is 0. The Hall–Kier alpha value is -0.990. The van der Waals surface area contributed by atoms with Crippen LogP contribution in [0.2, 0.25) is 0 Å². The van der Waals surface area contributed by atoms with Gasteiger partial charge in [0.2, 0.25) is 6.29 Å². The Morgan fingerprint density at radius 2 is 2.18 bits per heavy atom. The summed E-state index contributed by atoms with van der Waals surface area (Å²) in [4.78, 5) is 13.2. The highest BCUT2D eigenvalue weighted by molar-refractivity contribution is 6.26. The van der Waals surface area contributed by atoms with Gasteiger partial charge in [0.15, 0.2) is 0 Å². The van der Waals surface area contributed by atoms with Crippen molar-refractivity contribution in [1.29, 1.82) is 0 Å². The fourth-order valence-electron chi connectivity index (χ4n) is 1.19. The topological polar surface area (TPSA) is 62.7 Å². The fraction of sp³-hybridized carbons (Fsp3) is 0.714. The van der Waals surface area contributed by atoms with Crippen LogP contribution in [0.5, 0.6) is 0 Å². The molecule has 0 N–H and O–H groups in total. The minimum Gasteiger partial charge on any atom is -0.381 e. The van der Waals surface area contributed by atoms with Gasteiger partial charge in [0.1, 0.15) is 0 Å². The van der Waals surface area contributed by atoms with Crippen LogP contribution in [0.25, 0.3) is 5.53 Å². The predicted molar refractivity (Wildman–Crippen MR) is 38.2 cm³/mol. The molecular weight excluding hydrogens is 144 g/mol. The van der Waals surface area contributed by atoms with E-state index in [9.17, 15) is 4.79 Å². The van der Waals surface area contributed by atoms with Gasteiger partial charge in [-0.3, -0.25) is 4.79 Å². The van der Waals surface area contributed by atoms with Crippen molar-refractivity contribution in [1.82, 2.24) is 0 Å². The van der Waals surface area contributed by atoms with Crippen LogP contribution in [0.1, 0.15) is 12.8 Å². The van der Waals surface area contributed by atoms with Crippen LogP contribution < -0.4 is 0 Å². The van der Waals surface area contributed by atoms with Gasteiger partial charge >= 0.3 is 5.71 Å². The van der Waals surface area contributed by atoms with E-state index in [2.05, 4.69) is 4.79 Å². The summed E-state index contributed by atoms with van der Waals surface area (Å²) in [5, 5.41) is 0. The molecule has 0 aromatic rings. The Bertz CT molecular complexity index is 191. The van der Waals surface area contributed by atoms with Crippen molar-refractivity contribution in [2.75, 3.05) is 13.2 Å². The lowest BCUT2D eigenvalue weighted by Crippen LogP contribution is -2.24. The third kappa shape index (κ3) is 1.97. The molecule has 1 heterocycles. The molecule has 0 unspecified atom stereocenters. The molecule has 1 aliphatic rings. The lowest BCUT2D eigenvalue weighted by molar-refractivity contribution is -0.108. The van der Waals surface area contributed by atoms with E-state index in [4.69, 9.17) is 10.3 Å². The zero-order valence-corrected chi connectivity index (χ0v) is 6.19. The summed E-state index contributed by atoms with van der Waals surface area (Å²) in [7, 11) is 0. The molecule has 1 saturated heterocycles. The molecule has 60 valence electrons. The van der Waals surface area contributed by atoms with Gasteiger partial charge in [-0.15, -0.1) is 0 Å². The monoisotopic (exact) mass is 154 g/mol. The Labute approximate surface area is 64.8 Å². The van der Waals surface area contributed by atoms with Crippen molar-refractivity contribution >= 4 is 12.0 Å². The quantitative estimate of drug-likeness (QED) is 0.248. The molecule has 0 bridgehead atoms. The third-order valence-corrected chi connectivity index (χ3v) is 1.88. The summed E-state index contributed by atoms with van der Waals surface area (Å²) in [6.07, 6.45) is 2.16. The smallest absolute Gasteiger partial charge is 0.334 e. The van der Waals surface area contributed by atoms with Crippen molar-refractivity contribution in [3.05, 3.63) is 5.53 Å². The van der Waals surface area contributed by atoms with Crippen molar-refractivity contribution < 1.29 is 14.3 Å². The highest BCUT2D eigenvalue weighted by Gasteiger charge is 2.24. The zero-order chi connectivity index (χ0) is 8.10. The van der Waals surface area contributed by atoms with E-state index in [0.29, 0.717) is 19.5 Å². The molecule has 0 atom stereocenters. The van der Waals surface area contributed by atoms with Gasteiger partial charge in [-0.2, -0.15) is 4.79 Å². The normalized spacial score (nSPS) is 18.9. The van der Waals surface area contributed by atoms with E-state index in [1.165, 1.54) is 0 Å². The Morgan fingerprint density at radius 3 is 2.64 bits per heavy atom. The van der Waals surface area contributed by atoms with Crippen molar-refractivity contribution in [2.24, 2.45) is 5.92 Å². The lowest BCUT2D eigenvalue weighted by atomic mass is 9.96. The van der Waals surface area contributed by atoms with Gasteiger partial charge in [0, 0.05) is 13.2 Å². The Morgan fingerprint density at radius 1 is 1.55 bits per heavy atom. The number of hydrogen-bond acceptors (Lipinski definition) is 2. The van der Waals surface area contributed by atoms with Gasteiger partial charge in [0.05, 0.1) is 5.92 Å². The Kier molecular flexibility index (Phi) is 2.95. The highest BCUT2D eigenvalue weighted by Crippen LogP contribution is 2.14. The molecule has 0 aromatic carbocycles. The average Bonchev–Trinajstić information content (AvgIpc) is 2.09. The van der Waals surface area contributed by atoms with Crippen LogP contribution in [0.15, 0.2) is 0 Å². The van der Waals surface area contributed by atoms with E-state index in [1.807, 2.05) is 0 Å². The van der Waals surface area contributed by atoms with Crippen LogP contribution in [0.4, 0.5) is 0 Å². The van der Waals surface area contributed by atoms with Crippen LogP contribution in [-0.2, 0) is 9.53 Å². The maximum atomic E-state index is 10.3.